The van der Waals surface area contributed by atoms with Crippen molar-refractivity contribution >= 4 is 12.0 Å². The van der Waals surface area contributed by atoms with Gasteiger partial charge in [0.1, 0.15) is 0 Å². The molecule has 0 radical (unpaired) electrons. The third-order valence-corrected chi connectivity index (χ3v) is 3.39. The number of rotatable bonds is 7. The van der Waals surface area contributed by atoms with E-state index in [1.807, 2.05) is 13.8 Å². The highest BCUT2D eigenvalue weighted by atomic mass is 32.2. The van der Waals surface area contributed by atoms with Crippen LogP contribution in [-0.4, -0.2) is 22.4 Å². The van der Waals surface area contributed by atoms with E-state index in [4.69, 9.17) is 4.55 Å². The molecule has 0 bridgehead atoms. The summed E-state index contributed by atoms with van der Waals surface area (Å²) in [5.41, 5.74) is -0.235. The first-order chi connectivity index (χ1) is 9.24. The average molecular weight is 307 g/mol. The first kappa shape index (κ1) is 17.3. The molecule has 20 heavy (non-hydrogen) atoms. The van der Waals surface area contributed by atoms with Crippen LogP contribution < -0.4 is 5.32 Å². The van der Waals surface area contributed by atoms with Crippen LogP contribution in [0.1, 0.15) is 31.4 Å². The summed E-state index contributed by atoms with van der Waals surface area (Å²) >= 11 is 0.796. The van der Waals surface area contributed by atoms with E-state index in [2.05, 4.69) is 5.32 Å². The maximum atomic E-state index is 12.6. The molecule has 0 unspecified atom stereocenters. The van der Waals surface area contributed by atoms with Gasteiger partial charge in [-0.2, -0.15) is 13.2 Å². The van der Waals surface area contributed by atoms with Crippen molar-refractivity contribution < 1.29 is 17.7 Å². The van der Waals surface area contributed by atoms with Crippen molar-refractivity contribution in [2.45, 2.75) is 38.4 Å². The van der Waals surface area contributed by atoms with Crippen molar-refractivity contribution in [2.75, 3.05) is 12.3 Å². The third-order valence-electron chi connectivity index (χ3n) is 2.92. The predicted octanol–water partition coefficient (Wildman–Crippen LogP) is 4.21. The van der Waals surface area contributed by atoms with Crippen molar-refractivity contribution in [3.05, 3.63) is 35.4 Å². The van der Waals surface area contributed by atoms with Crippen LogP contribution in [-0.2, 0) is 12.6 Å². The molecule has 0 saturated carbocycles. The van der Waals surface area contributed by atoms with E-state index in [1.54, 1.807) is 6.07 Å². The third kappa shape index (κ3) is 6.15. The van der Waals surface area contributed by atoms with Crippen LogP contribution in [0.2, 0.25) is 0 Å². The standard InChI is InChI=1S/C14H20F3NOS/c1-13(2,18-7-4-8-20-19)10-11-5-3-6-12(9-11)14(15,16)17/h3,5-6,9,18-19H,4,7-8,10H2,1-2H3. The number of halogens is 3. The molecule has 0 fully saturated rings. The lowest BCUT2D eigenvalue weighted by molar-refractivity contribution is -0.137. The molecule has 6 heteroatoms. The van der Waals surface area contributed by atoms with Crippen LogP contribution in [0.3, 0.4) is 0 Å². The Kier molecular flexibility index (Phi) is 6.36. The van der Waals surface area contributed by atoms with Crippen LogP contribution in [0.15, 0.2) is 24.3 Å². The minimum Gasteiger partial charge on any atom is -0.330 e. The molecular formula is C14H20F3NOS. The molecule has 0 aliphatic carbocycles. The SMILES string of the molecule is CC(C)(Cc1cccc(C(F)(F)F)c1)NCCCSO. The molecule has 2 N–H and O–H groups in total. The molecule has 0 amide bonds. The molecule has 0 atom stereocenters. The molecule has 0 heterocycles. The van der Waals surface area contributed by atoms with Crippen molar-refractivity contribution in [3.8, 4) is 0 Å². The van der Waals surface area contributed by atoms with Gasteiger partial charge in [0.15, 0.2) is 0 Å². The van der Waals surface area contributed by atoms with Crippen molar-refractivity contribution in [1.29, 1.82) is 0 Å². The van der Waals surface area contributed by atoms with E-state index in [0.29, 0.717) is 17.7 Å². The minimum atomic E-state index is -4.30. The van der Waals surface area contributed by atoms with Gasteiger partial charge in [-0.15, -0.1) is 0 Å². The Morgan fingerprint density at radius 3 is 2.55 bits per heavy atom. The van der Waals surface area contributed by atoms with Crippen molar-refractivity contribution in [2.24, 2.45) is 0 Å². The highest BCUT2D eigenvalue weighted by Crippen LogP contribution is 2.30. The second kappa shape index (κ2) is 7.33. The molecule has 0 aliphatic heterocycles. The van der Waals surface area contributed by atoms with Gasteiger partial charge in [-0.3, -0.25) is 0 Å². The second-order valence-electron chi connectivity index (χ2n) is 5.37. The normalized spacial score (nSPS) is 12.7. The molecule has 2 nitrogen and oxygen atoms in total. The predicted molar refractivity (Wildman–Crippen MR) is 76.9 cm³/mol. The molecule has 114 valence electrons. The summed E-state index contributed by atoms with van der Waals surface area (Å²) in [5.74, 6) is 0.645. The van der Waals surface area contributed by atoms with Gasteiger partial charge in [-0.05, 0) is 56.9 Å². The quantitative estimate of drug-likeness (QED) is 0.584. The number of hydrogen-bond acceptors (Lipinski definition) is 3. The van der Waals surface area contributed by atoms with Crippen LogP contribution in [0.25, 0.3) is 0 Å². The van der Waals surface area contributed by atoms with Gasteiger partial charge in [-0.1, -0.05) is 18.2 Å². The fourth-order valence-corrected chi connectivity index (χ4v) is 2.27. The van der Waals surface area contributed by atoms with E-state index >= 15 is 0 Å². The maximum absolute atomic E-state index is 12.6. The highest BCUT2D eigenvalue weighted by molar-refractivity contribution is 7.93. The Hall–Kier alpha value is -0.720. The fraction of sp³-hybridized carbons (Fsp3) is 0.571. The van der Waals surface area contributed by atoms with Gasteiger partial charge in [-0.25, -0.2) is 0 Å². The zero-order valence-corrected chi connectivity index (χ0v) is 12.4. The zero-order chi connectivity index (χ0) is 15.2. The number of benzene rings is 1. The van der Waals surface area contributed by atoms with Gasteiger partial charge >= 0.3 is 6.18 Å². The average Bonchev–Trinajstić information content (AvgIpc) is 2.33. The first-order valence-electron chi connectivity index (χ1n) is 6.42. The number of nitrogens with one attached hydrogen (secondary N) is 1. The lowest BCUT2D eigenvalue weighted by atomic mass is 9.94. The smallest absolute Gasteiger partial charge is 0.330 e. The summed E-state index contributed by atoms with van der Waals surface area (Å²) < 4.78 is 46.6. The van der Waals surface area contributed by atoms with Gasteiger partial charge in [0.05, 0.1) is 5.56 Å². The maximum Gasteiger partial charge on any atom is 0.416 e. The lowest BCUT2D eigenvalue weighted by Gasteiger charge is -2.27. The van der Waals surface area contributed by atoms with Gasteiger partial charge < -0.3 is 9.87 Å². The second-order valence-corrected chi connectivity index (χ2v) is 6.04. The summed E-state index contributed by atoms with van der Waals surface area (Å²) in [6.45, 7) is 4.64. The van der Waals surface area contributed by atoms with Gasteiger partial charge in [0.25, 0.3) is 0 Å². The highest BCUT2D eigenvalue weighted by Gasteiger charge is 2.30. The largest absolute Gasteiger partial charge is 0.416 e. The summed E-state index contributed by atoms with van der Waals surface area (Å²) in [7, 11) is 0. The van der Waals surface area contributed by atoms with Crippen LogP contribution in [0.4, 0.5) is 13.2 Å². The van der Waals surface area contributed by atoms with Crippen LogP contribution in [0.5, 0.6) is 0 Å². The Balaban J connectivity index is 2.62. The minimum absolute atomic E-state index is 0.287. The molecule has 0 spiro atoms. The van der Waals surface area contributed by atoms with E-state index in [0.717, 1.165) is 31.1 Å². The topological polar surface area (TPSA) is 32.3 Å². The van der Waals surface area contributed by atoms with E-state index < -0.39 is 11.7 Å². The summed E-state index contributed by atoms with van der Waals surface area (Å²) in [4.78, 5) is 0. The molecule has 1 aromatic carbocycles. The van der Waals surface area contributed by atoms with Crippen LogP contribution >= 0.6 is 12.0 Å². The Morgan fingerprint density at radius 2 is 1.95 bits per heavy atom. The van der Waals surface area contributed by atoms with Crippen molar-refractivity contribution in [1.82, 2.24) is 5.32 Å². The summed E-state index contributed by atoms with van der Waals surface area (Å²) in [6, 6.07) is 5.44. The molecule has 0 saturated heterocycles. The Bertz CT molecular complexity index is 421. The van der Waals surface area contributed by atoms with E-state index in [1.165, 1.54) is 12.1 Å². The monoisotopic (exact) mass is 307 g/mol. The summed E-state index contributed by atoms with van der Waals surface area (Å²) in [5, 5.41) is 3.29. The van der Waals surface area contributed by atoms with Crippen LogP contribution in [0, 0.1) is 0 Å². The molecular weight excluding hydrogens is 287 g/mol. The lowest BCUT2D eigenvalue weighted by Crippen LogP contribution is -2.42. The molecule has 1 aromatic rings. The number of hydrogen-bond donors (Lipinski definition) is 2. The molecule has 0 aromatic heterocycles. The number of alkyl halides is 3. The van der Waals surface area contributed by atoms with E-state index in [9.17, 15) is 13.2 Å². The summed E-state index contributed by atoms with van der Waals surface area (Å²) in [6.07, 6.45) is -2.97. The molecule has 0 aliphatic rings. The van der Waals surface area contributed by atoms with Crippen molar-refractivity contribution in [3.63, 3.8) is 0 Å². The van der Waals surface area contributed by atoms with Gasteiger partial charge in [0.2, 0.25) is 0 Å². The zero-order valence-electron chi connectivity index (χ0n) is 11.6. The fourth-order valence-electron chi connectivity index (χ4n) is 1.99. The first-order valence-corrected chi connectivity index (χ1v) is 7.36. The Morgan fingerprint density at radius 1 is 1.25 bits per heavy atom. The molecule has 1 rings (SSSR count). The van der Waals surface area contributed by atoms with Gasteiger partial charge in [0, 0.05) is 11.3 Å². The van der Waals surface area contributed by atoms with E-state index in [-0.39, 0.29) is 5.54 Å². The Labute approximate surface area is 122 Å².